The number of aryl methyl sites for hydroxylation is 1. The third-order valence-corrected chi connectivity index (χ3v) is 7.85. The maximum absolute atomic E-state index is 15.2. The van der Waals surface area contributed by atoms with Crippen LogP contribution in [-0.2, 0) is 15.8 Å². The van der Waals surface area contributed by atoms with Crippen molar-refractivity contribution in [3.8, 4) is 22.9 Å². The fraction of sp³-hybridized carbons (Fsp3) is 0.276. The Kier molecular flexibility index (Phi) is 8.32. The Balaban J connectivity index is 1.38. The van der Waals surface area contributed by atoms with Gasteiger partial charge in [-0.15, -0.1) is 0 Å². The van der Waals surface area contributed by atoms with Gasteiger partial charge in [0.05, 0.1) is 22.7 Å². The zero-order valence-corrected chi connectivity index (χ0v) is 23.7. The zero-order valence-electron chi connectivity index (χ0n) is 22.9. The first-order chi connectivity index (χ1) is 20.0. The molecule has 0 radical (unpaired) electrons. The number of nitrogens with zero attached hydrogens (tertiary/aromatic N) is 3. The van der Waals surface area contributed by atoms with E-state index in [-0.39, 0.29) is 36.4 Å². The highest BCUT2D eigenvalue weighted by Gasteiger charge is 2.32. The monoisotopic (exact) mass is 598 g/mol. The van der Waals surface area contributed by atoms with Crippen molar-refractivity contribution in [3.05, 3.63) is 89.8 Å². The number of hydrogen-bond acceptors (Lipinski definition) is 8. The first kappa shape index (κ1) is 29.3. The molecule has 1 aliphatic rings. The number of rotatable bonds is 9. The van der Waals surface area contributed by atoms with Crippen molar-refractivity contribution < 1.29 is 26.3 Å². The van der Waals surface area contributed by atoms with Crippen LogP contribution in [0.5, 0.6) is 11.6 Å². The quantitative estimate of drug-likeness (QED) is 0.236. The summed E-state index contributed by atoms with van der Waals surface area (Å²) in [6.07, 6.45) is 3.20. The summed E-state index contributed by atoms with van der Waals surface area (Å²) in [6, 6.07) is 14.2. The molecule has 1 saturated heterocycles. The van der Waals surface area contributed by atoms with Gasteiger partial charge in [-0.2, -0.15) is 4.39 Å². The summed E-state index contributed by atoms with van der Waals surface area (Å²) in [5, 5.41) is 6.17. The number of sulfonamides is 1. The van der Waals surface area contributed by atoms with Crippen LogP contribution >= 0.6 is 0 Å². The van der Waals surface area contributed by atoms with E-state index in [1.165, 1.54) is 32.3 Å². The molecule has 3 heterocycles. The standard InChI is InChI=1S/C29H29F3N6O3S/c1-18-13-23(24(30)25(31)26(18)38-42(39,40)16-19-7-4-3-5-8-19)41-27-21(9-6-11-34-27)22-10-12-35-28(37-22)36-20-14-29(2,32)17-33-15-20/h3-13,20,33,38H,14-17H2,1-2H3,(H,35,36,37)/t20-,29-/m0/s1. The largest absolute Gasteiger partial charge is 0.435 e. The second-order valence-electron chi connectivity index (χ2n) is 10.4. The molecular formula is C29H29F3N6O3S. The summed E-state index contributed by atoms with van der Waals surface area (Å²) in [6.45, 7) is 3.76. The molecular weight excluding hydrogens is 569 g/mol. The number of piperidine rings is 1. The second-order valence-corrected chi connectivity index (χ2v) is 12.1. The van der Waals surface area contributed by atoms with Gasteiger partial charge in [0.15, 0.2) is 11.6 Å². The molecule has 3 N–H and O–H groups in total. The molecule has 9 nitrogen and oxygen atoms in total. The molecule has 5 rings (SSSR count). The average molecular weight is 599 g/mol. The third kappa shape index (κ3) is 6.97. The molecule has 2 aromatic carbocycles. The Bertz CT molecular complexity index is 1690. The lowest BCUT2D eigenvalue weighted by molar-refractivity contribution is 0.137. The van der Waals surface area contributed by atoms with Gasteiger partial charge in [0.2, 0.25) is 27.7 Å². The van der Waals surface area contributed by atoms with E-state index in [9.17, 15) is 12.8 Å². The van der Waals surface area contributed by atoms with Crippen molar-refractivity contribution in [2.75, 3.05) is 23.1 Å². The summed E-state index contributed by atoms with van der Waals surface area (Å²) in [4.78, 5) is 12.9. The fourth-order valence-electron chi connectivity index (χ4n) is 4.71. The first-order valence-corrected chi connectivity index (χ1v) is 14.8. The third-order valence-electron chi connectivity index (χ3n) is 6.63. The minimum atomic E-state index is -4.04. The number of pyridine rings is 1. The SMILES string of the molecule is Cc1cc(Oc2ncccc2-c2ccnc(N[C@@H]3CNC[C@@](C)(F)C3)n2)c(F)c(F)c1NS(=O)(=O)Cc1ccccc1. The summed E-state index contributed by atoms with van der Waals surface area (Å²) in [7, 11) is -4.04. The van der Waals surface area contributed by atoms with Crippen molar-refractivity contribution in [1.29, 1.82) is 0 Å². The highest BCUT2D eigenvalue weighted by atomic mass is 32.2. The average Bonchev–Trinajstić information content (AvgIpc) is 2.94. The van der Waals surface area contributed by atoms with Crippen LogP contribution in [0.1, 0.15) is 24.5 Å². The molecule has 220 valence electrons. The molecule has 0 saturated carbocycles. The number of anilines is 2. The minimum Gasteiger partial charge on any atom is -0.435 e. The summed E-state index contributed by atoms with van der Waals surface area (Å²) >= 11 is 0. The number of aromatic nitrogens is 3. The van der Waals surface area contributed by atoms with Crippen molar-refractivity contribution in [2.24, 2.45) is 0 Å². The lowest BCUT2D eigenvalue weighted by atomic mass is 9.95. The molecule has 0 unspecified atom stereocenters. The van der Waals surface area contributed by atoms with Crippen LogP contribution in [0.2, 0.25) is 0 Å². The fourth-order valence-corrected chi connectivity index (χ4v) is 5.97. The molecule has 1 aliphatic heterocycles. The Labute approximate surface area is 241 Å². The van der Waals surface area contributed by atoms with Crippen LogP contribution in [0.15, 0.2) is 67.0 Å². The minimum absolute atomic E-state index is 0.0621. The van der Waals surface area contributed by atoms with Crippen molar-refractivity contribution in [3.63, 3.8) is 0 Å². The first-order valence-electron chi connectivity index (χ1n) is 13.2. The predicted octanol–water partition coefficient (Wildman–Crippen LogP) is 5.36. The summed E-state index contributed by atoms with van der Waals surface area (Å²) in [5.41, 5.74) is -0.537. The maximum Gasteiger partial charge on any atom is 0.237 e. The van der Waals surface area contributed by atoms with Crippen LogP contribution in [0, 0.1) is 18.6 Å². The lowest BCUT2D eigenvalue weighted by Crippen LogP contribution is -2.50. The molecule has 0 bridgehead atoms. The lowest BCUT2D eigenvalue weighted by Gasteiger charge is -2.33. The van der Waals surface area contributed by atoms with Crippen LogP contribution in [0.25, 0.3) is 11.3 Å². The van der Waals surface area contributed by atoms with Crippen molar-refractivity contribution >= 4 is 21.7 Å². The van der Waals surface area contributed by atoms with E-state index in [4.69, 9.17) is 4.74 Å². The van der Waals surface area contributed by atoms with Gasteiger partial charge in [-0.05, 0) is 49.2 Å². The highest BCUT2D eigenvalue weighted by molar-refractivity contribution is 7.91. The van der Waals surface area contributed by atoms with Crippen LogP contribution in [0.3, 0.4) is 0 Å². The molecule has 1 fully saturated rings. The van der Waals surface area contributed by atoms with E-state index in [2.05, 4.69) is 30.3 Å². The number of benzene rings is 2. The predicted molar refractivity (Wildman–Crippen MR) is 154 cm³/mol. The zero-order chi connectivity index (χ0) is 29.9. The Morgan fingerprint density at radius 1 is 1.07 bits per heavy atom. The number of halogens is 3. The molecule has 0 aliphatic carbocycles. The molecule has 0 spiro atoms. The van der Waals surface area contributed by atoms with Crippen molar-refractivity contribution in [1.82, 2.24) is 20.3 Å². The Hall–Kier alpha value is -4.23. The molecule has 13 heteroatoms. The van der Waals surface area contributed by atoms with Crippen molar-refractivity contribution in [2.45, 2.75) is 37.7 Å². The Morgan fingerprint density at radius 3 is 2.62 bits per heavy atom. The topological polar surface area (TPSA) is 118 Å². The normalized spacial score (nSPS) is 18.8. The number of alkyl halides is 1. The van der Waals surface area contributed by atoms with E-state index in [0.717, 1.165) is 0 Å². The number of hydrogen-bond donors (Lipinski definition) is 3. The van der Waals surface area contributed by atoms with Crippen LogP contribution in [-0.4, -0.2) is 48.2 Å². The van der Waals surface area contributed by atoms with Gasteiger partial charge in [0.1, 0.15) is 5.67 Å². The highest BCUT2D eigenvalue weighted by Crippen LogP contribution is 2.36. The molecule has 0 amide bonds. The van der Waals surface area contributed by atoms with E-state index < -0.39 is 44.5 Å². The second kappa shape index (κ2) is 11.9. The van der Waals surface area contributed by atoms with Gasteiger partial charge in [-0.1, -0.05) is 30.3 Å². The van der Waals surface area contributed by atoms with Gasteiger partial charge in [-0.25, -0.2) is 32.2 Å². The molecule has 42 heavy (non-hydrogen) atoms. The summed E-state index contributed by atoms with van der Waals surface area (Å²) in [5.74, 6) is -3.50. The molecule has 2 atom stereocenters. The van der Waals surface area contributed by atoms with Gasteiger partial charge in [0.25, 0.3) is 0 Å². The van der Waals surface area contributed by atoms with Gasteiger partial charge in [0, 0.05) is 37.9 Å². The van der Waals surface area contributed by atoms with E-state index in [0.29, 0.717) is 23.4 Å². The van der Waals surface area contributed by atoms with E-state index in [1.807, 2.05) is 0 Å². The number of ether oxygens (including phenoxy) is 1. The number of nitrogens with one attached hydrogen (secondary N) is 3. The van der Waals surface area contributed by atoms with E-state index in [1.54, 1.807) is 48.5 Å². The molecule has 4 aromatic rings. The maximum atomic E-state index is 15.2. The van der Waals surface area contributed by atoms with E-state index >= 15 is 8.78 Å². The Morgan fingerprint density at radius 2 is 1.86 bits per heavy atom. The smallest absolute Gasteiger partial charge is 0.237 e. The van der Waals surface area contributed by atoms with Crippen LogP contribution < -0.4 is 20.1 Å². The van der Waals surface area contributed by atoms with Gasteiger partial charge < -0.3 is 15.4 Å². The van der Waals surface area contributed by atoms with Gasteiger partial charge >= 0.3 is 0 Å². The molecule has 2 aromatic heterocycles. The van der Waals surface area contributed by atoms with Gasteiger partial charge in [-0.3, -0.25) is 4.72 Å². The summed E-state index contributed by atoms with van der Waals surface area (Å²) < 4.78 is 78.1. The van der Waals surface area contributed by atoms with Crippen LogP contribution in [0.4, 0.5) is 24.8 Å².